The van der Waals surface area contributed by atoms with Gasteiger partial charge in [-0.05, 0) is 25.0 Å². The van der Waals surface area contributed by atoms with E-state index in [2.05, 4.69) is 20.4 Å². The van der Waals surface area contributed by atoms with Crippen molar-refractivity contribution in [3.05, 3.63) is 29.3 Å². The van der Waals surface area contributed by atoms with Gasteiger partial charge in [-0.1, -0.05) is 0 Å². The Bertz CT molecular complexity index is 939. The fourth-order valence-electron chi connectivity index (χ4n) is 3.78. The highest BCUT2D eigenvalue weighted by Gasteiger charge is 2.37. The minimum absolute atomic E-state index is 0.175. The largest absolute Gasteiger partial charge is 0.420 e. The molecule has 136 valence electrons. The lowest BCUT2D eigenvalue weighted by Crippen LogP contribution is -2.51. The second-order valence-corrected chi connectivity index (χ2v) is 7.55. The quantitative estimate of drug-likeness (QED) is 0.741. The molecule has 0 spiro atoms. The molecule has 5 rings (SSSR count). The molecule has 2 bridgehead atoms. The third kappa shape index (κ3) is 2.55. The minimum Gasteiger partial charge on any atom is -0.336 e. The summed E-state index contributed by atoms with van der Waals surface area (Å²) in [6.07, 6.45) is -0.718. The average molecular weight is 380 g/mol. The molecule has 6 nitrogen and oxygen atoms in total. The number of pyridine rings is 1. The number of fused-ring (bicyclic) bond motifs is 3. The Balaban J connectivity index is 1.66. The van der Waals surface area contributed by atoms with Crippen LogP contribution in [0.15, 0.2) is 23.7 Å². The van der Waals surface area contributed by atoms with Crippen molar-refractivity contribution >= 4 is 22.9 Å². The second kappa shape index (κ2) is 5.65. The molecule has 1 N–H and O–H groups in total. The maximum Gasteiger partial charge on any atom is 0.420 e. The highest BCUT2D eigenvalue weighted by atomic mass is 32.1. The second-order valence-electron chi connectivity index (χ2n) is 6.66. The molecule has 3 aromatic heterocycles. The van der Waals surface area contributed by atoms with Crippen molar-refractivity contribution in [3.63, 3.8) is 0 Å². The Hall–Kier alpha value is -2.20. The summed E-state index contributed by atoms with van der Waals surface area (Å²) in [6.45, 7) is 1.42. The summed E-state index contributed by atoms with van der Waals surface area (Å²) in [5, 5.41) is 10.3. The summed E-state index contributed by atoms with van der Waals surface area (Å²) in [4.78, 5) is 10.5. The first-order chi connectivity index (χ1) is 12.5. The van der Waals surface area contributed by atoms with E-state index in [1.807, 2.05) is 4.90 Å². The number of nitrogens with one attached hydrogen (secondary N) is 1. The average Bonchev–Trinajstić information content (AvgIpc) is 3.32. The molecular formula is C16H15F3N6S. The van der Waals surface area contributed by atoms with Crippen LogP contribution >= 0.6 is 11.3 Å². The van der Waals surface area contributed by atoms with Gasteiger partial charge in [0.1, 0.15) is 16.3 Å². The molecule has 2 saturated heterocycles. The van der Waals surface area contributed by atoms with Gasteiger partial charge < -0.3 is 10.2 Å². The van der Waals surface area contributed by atoms with Crippen molar-refractivity contribution in [2.75, 3.05) is 18.0 Å². The Kier molecular flexibility index (Phi) is 3.48. The van der Waals surface area contributed by atoms with Crippen LogP contribution in [0.4, 0.5) is 19.1 Å². The maximum atomic E-state index is 13.5. The highest BCUT2D eigenvalue weighted by molar-refractivity contribution is 7.13. The molecule has 5 heterocycles. The first kappa shape index (κ1) is 16.0. The van der Waals surface area contributed by atoms with Crippen LogP contribution in [0.2, 0.25) is 0 Å². The van der Waals surface area contributed by atoms with Gasteiger partial charge >= 0.3 is 6.18 Å². The molecule has 0 radical (unpaired) electrons. The summed E-state index contributed by atoms with van der Waals surface area (Å²) in [6, 6.07) is 3.17. The summed E-state index contributed by atoms with van der Waals surface area (Å²) < 4.78 is 41.7. The van der Waals surface area contributed by atoms with Crippen molar-refractivity contribution < 1.29 is 13.2 Å². The van der Waals surface area contributed by atoms with Crippen molar-refractivity contribution in [2.45, 2.75) is 31.1 Å². The van der Waals surface area contributed by atoms with Crippen molar-refractivity contribution in [1.82, 2.24) is 24.9 Å². The van der Waals surface area contributed by atoms with Crippen LogP contribution in [0.25, 0.3) is 16.3 Å². The fraction of sp³-hybridized carbons (Fsp3) is 0.438. The minimum atomic E-state index is -4.49. The van der Waals surface area contributed by atoms with E-state index in [4.69, 9.17) is 0 Å². The monoisotopic (exact) mass is 380 g/mol. The van der Waals surface area contributed by atoms with Gasteiger partial charge in [0.15, 0.2) is 5.65 Å². The van der Waals surface area contributed by atoms with E-state index in [0.29, 0.717) is 41.8 Å². The fourth-order valence-corrected chi connectivity index (χ4v) is 4.43. The number of halogens is 3. The molecule has 2 atom stereocenters. The molecule has 2 aliphatic heterocycles. The smallest absolute Gasteiger partial charge is 0.336 e. The van der Waals surface area contributed by atoms with Gasteiger partial charge in [0.25, 0.3) is 0 Å². The molecule has 2 unspecified atom stereocenters. The van der Waals surface area contributed by atoms with Gasteiger partial charge in [-0.25, -0.2) is 9.50 Å². The predicted molar refractivity (Wildman–Crippen MR) is 91.3 cm³/mol. The van der Waals surface area contributed by atoms with Gasteiger partial charge in [0, 0.05) is 36.8 Å². The molecular weight excluding hydrogens is 365 g/mol. The molecule has 2 aliphatic rings. The van der Waals surface area contributed by atoms with Crippen molar-refractivity contribution in [2.24, 2.45) is 0 Å². The number of thiazole rings is 1. The number of rotatable bonds is 2. The van der Waals surface area contributed by atoms with Crippen molar-refractivity contribution in [3.8, 4) is 10.7 Å². The van der Waals surface area contributed by atoms with Crippen LogP contribution in [0, 0.1) is 0 Å². The molecule has 3 aromatic rings. The lowest BCUT2D eigenvalue weighted by molar-refractivity contribution is -0.136. The van der Waals surface area contributed by atoms with E-state index in [1.165, 1.54) is 21.9 Å². The number of nitrogens with zero attached hydrogens (tertiary/aromatic N) is 5. The van der Waals surface area contributed by atoms with E-state index in [0.717, 1.165) is 18.9 Å². The number of piperazine rings is 1. The Morgan fingerprint density at radius 3 is 2.58 bits per heavy atom. The molecule has 10 heteroatoms. The van der Waals surface area contributed by atoms with Gasteiger partial charge in [0.2, 0.25) is 5.95 Å². The summed E-state index contributed by atoms with van der Waals surface area (Å²) in [5.74, 6) is 0.345. The number of aromatic nitrogens is 4. The summed E-state index contributed by atoms with van der Waals surface area (Å²) in [7, 11) is 0. The summed E-state index contributed by atoms with van der Waals surface area (Å²) in [5.41, 5.74) is -0.444. The normalized spacial score (nSPS) is 23.1. The Morgan fingerprint density at radius 1 is 1.15 bits per heavy atom. The maximum absolute atomic E-state index is 13.5. The van der Waals surface area contributed by atoms with Crippen LogP contribution < -0.4 is 10.2 Å². The number of hydrogen-bond acceptors (Lipinski definition) is 6. The zero-order chi connectivity index (χ0) is 17.9. The van der Waals surface area contributed by atoms with Gasteiger partial charge in [-0.15, -0.1) is 16.4 Å². The lowest BCUT2D eigenvalue weighted by atomic mass is 10.2. The molecule has 0 amide bonds. The van der Waals surface area contributed by atoms with Gasteiger partial charge in [-0.3, -0.25) is 0 Å². The van der Waals surface area contributed by atoms with Gasteiger partial charge in [0.05, 0.1) is 0 Å². The van der Waals surface area contributed by atoms with Crippen LogP contribution in [0.3, 0.4) is 0 Å². The third-order valence-corrected chi connectivity index (χ3v) is 5.72. The molecule has 2 fully saturated rings. The van der Waals surface area contributed by atoms with E-state index in [9.17, 15) is 13.2 Å². The van der Waals surface area contributed by atoms with Crippen LogP contribution in [-0.4, -0.2) is 44.8 Å². The van der Waals surface area contributed by atoms with E-state index >= 15 is 0 Å². The zero-order valence-electron chi connectivity index (χ0n) is 13.6. The third-order valence-electron chi connectivity index (χ3n) is 4.93. The number of alkyl halides is 3. The van der Waals surface area contributed by atoms with Crippen LogP contribution in [-0.2, 0) is 6.18 Å². The number of hydrogen-bond donors (Lipinski definition) is 1. The predicted octanol–water partition coefficient (Wildman–Crippen LogP) is 2.81. The Morgan fingerprint density at radius 2 is 1.92 bits per heavy atom. The van der Waals surface area contributed by atoms with Crippen LogP contribution in [0.5, 0.6) is 0 Å². The van der Waals surface area contributed by atoms with Crippen LogP contribution in [0.1, 0.15) is 18.4 Å². The molecule has 0 aliphatic carbocycles. The zero-order valence-corrected chi connectivity index (χ0v) is 14.4. The van der Waals surface area contributed by atoms with E-state index < -0.39 is 11.7 Å². The lowest BCUT2D eigenvalue weighted by Gasteiger charge is -2.31. The van der Waals surface area contributed by atoms with Gasteiger partial charge in [-0.2, -0.15) is 18.2 Å². The molecule has 0 aromatic carbocycles. The number of anilines is 1. The summed E-state index contributed by atoms with van der Waals surface area (Å²) >= 11 is 1.36. The van der Waals surface area contributed by atoms with E-state index in [-0.39, 0.29) is 5.65 Å². The Labute approximate surface area is 150 Å². The SMILES string of the molecule is FC(F)(F)c1ccc(-c2nccs2)n2nc(N3CC4CCC(C3)N4)nc12. The first-order valence-electron chi connectivity index (χ1n) is 8.37. The topological polar surface area (TPSA) is 58.4 Å². The standard InChI is InChI=1S/C16H15F3N6S/c17-16(18,19)11-3-4-12(14-20-5-6-26-14)25-13(11)22-15(23-25)24-7-9-1-2-10(8-24)21-9/h3-6,9-10,21H,1-2,7-8H2. The van der Waals surface area contributed by atoms with Crippen molar-refractivity contribution in [1.29, 1.82) is 0 Å². The van der Waals surface area contributed by atoms with E-state index in [1.54, 1.807) is 11.6 Å². The molecule has 26 heavy (non-hydrogen) atoms. The first-order valence-corrected chi connectivity index (χ1v) is 9.25. The molecule has 0 saturated carbocycles. The highest BCUT2D eigenvalue weighted by Crippen LogP contribution is 2.35.